The number of amides is 2. The van der Waals surface area contributed by atoms with E-state index in [0.717, 1.165) is 5.69 Å². The van der Waals surface area contributed by atoms with Crippen LogP contribution in [0.5, 0.6) is 0 Å². The molecular formula is C14H16N4O3. The fourth-order valence-corrected chi connectivity index (χ4v) is 1.68. The molecule has 1 aromatic heterocycles. The molecule has 2 aromatic rings. The predicted molar refractivity (Wildman–Crippen MR) is 76.9 cm³/mol. The molecule has 0 bridgehead atoms. The Morgan fingerprint density at radius 3 is 2.62 bits per heavy atom. The highest BCUT2D eigenvalue weighted by atomic mass is 16.3. The summed E-state index contributed by atoms with van der Waals surface area (Å²) in [7, 11) is 0. The molecule has 2 rings (SSSR count). The van der Waals surface area contributed by atoms with Crippen molar-refractivity contribution in [2.24, 2.45) is 0 Å². The molecule has 0 radical (unpaired) electrons. The third-order valence-electron chi connectivity index (χ3n) is 2.74. The fraction of sp³-hybridized carbons (Fsp3) is 0.214. The van der Waals surface area contributed by atoms with Gasteiger partial charge in [-0.2, -0.15) is 5.10 Å². The van der Waals surface area contributed by atoms with E-state index in [0.29, 0.717) is 5.82 Å². The van der Waals surface area contributed by atoms with Crippen molar-refractivity contribution in [1.82, 2.24) is 15.1 Å². The summed E-state index contributed by atoms with van der Waals surface area (Å²) < 4.78 is 1.51. The van der Waals surface area contributed by atoms with Crippen LogP contribution in [0.1, 0.15) is 6.92 Å². The third kappa shape index (κ3) is 3.67. The normalized spacial score (nSPS) is 11.7. The first-order chi connectivity index (χ1) is 10.1. The molecule has 1 atom stereocenters. The minimum atomic E-state index is -0.812. The lowest BCUT2D eigenvalue weighted by atomic mass is 10.3. The van der Waals surface area contributed by atoms with Crippen LogP contribution in [0.4, 0.5) is 5.82 Å². The van der Waals surface area contributed by atoms with Gasteiger partial charge in [0.25, 0.3) is 0 Å². The summed E-state index contributed by atoms with van der Waals surface area (Å²) in [5.41, 5.74) is 0.766. The number of aliphatic hydroxyl groups excluding tert-OH is 1. The van der Waals surface area contributed by atoms with Gasteiger partial charge < -0.3 is 15.7 Å². The minimum Gasteiger partial charge on any atom is -0.394 e. The standard InChI is InChI=1S/C14H16N4O3/c1-10(9-19)16-13(20)14(21)17-12-7-8-15-18(12)11-5-3-2-4-6-11/h2-8,10,19H,9H2,1H3,(H,16,20)(H,17,21). The van der Waals surface area contributed by atoms with Gasteiger partial charge in [-0.25, -0.2) is 4.68 Å². The van der Waals surface area contributed by atoms with Crippen molar-refractivity contribution >= 4 is 17.6 Å². The van der Waals surface area contributed by atoms with Crippen molar-refractivity contribution in [3.05, 3.63) is 42.6 Å². The van der Waals surface area contributed by atoms with Gasteiger partial charge in [0.05, 0.1) is 18.5 Å². The molecule has 2 amide bonds. The average molecular weight is 288 g/mol. The zero-order valence-electron chi connectivity index (χ0n) is 11.5. The van der Waals surface area contributed by atoms with Gasteiger partial charge in [-0.1, -0.05) is 18.2 Å². The maximum absolute atomic E-state index is 11.8. The molecule has 0 aliphatic carbocycles. The number of aromatic nitrogens is 2. The molecule has 7 heteroatoms. The van der Waals surface area contributed by atoms with Gasteiger partial charge in [-0.05, 0) is 19.1 Å². The highest BCUT2D eigenvalue weighted by Crippen LogP contribution is 2.13. The maximum Gasteiger partial charge on any atom is 0.314 e. The summed E-state index contributed by atoms with van der Waals surface area (Å²) in [5.74, 6) is -1.23. The molecular weight excluding hydrogens is 272 g/mol. The summed E-state index contributed by atoms with van der Waals surface area (Å²) in [6, 6.07) is 10.3. The van der Waals surface area contributed by atoms with Crippen LogP contribution >= 0.6 is 0 Å². The van der Waals surface area contributed by atoms with Gasteiger partial charge in [0.1, 0.15) is 5.82 Å². The van der Waals surface area contributed by atoms with Crippen LogP contribution < -0.4 is 10.6 Å². The van der Waals surface area contributed by atoms with Crippen molar-refractivity contribution in [3.63, 3.8) is 0 Å². The van der Waals surface area contributed by atoms with E-state index >= 15 is 0 Å². The number of rotatable bonds is 4. The first kappa shape index (κ1) is 14.7. The van der Waals surface area contributed by atoms with E-state index in [1.807, 2.05) is 30.3 Å². The maximum atomic E-state index is 11.8. The van der Waals surface area contributed by atoms with Crippen LogP contribution in [-0.2, 0) is 9.59 Å². The van der Waals surface area contributed by atoms with Gasteiger partial charge >= 0.3 is 11.8 Å². The number of para-hydroxylation sites is 1. The van der Waals surface area contributed by atoms with Crippen molar-refractivity contribution < 1.29 is 14.7 Å². The summed E-state index contributed by atoms with van der Waals surface area (Å²) in [6.45, 7) is 1.36. The summed E-state index contributed by atoms with van der Waals surface area (Å²) in [4.78, 5) is 23.4. The molecule has 1 unspecified atom stereocenters. The molecule has 3 N–H and O–H groups in total. The first-order valence-electron chi connectivity index (χ1n) is 6.44. The van der Waals surface area contributed by atoms with E-state index in [-0.39, 0.29) is 6.61 Å². The third-order valence-corrected chi connectivity index (χ3v) is 2.74. The van der Waals surface area contributed by atoms with Gasteiger partial charge in [-0.15, -0.1) is 0 Å². The second-order valence-electron chi connectivity index (χ2n) is 4.48. The van der Waals surface area contributed by atoms with E-state index in [2.05, 4.69) is 15.7 Å². The number of nitrogens with zero attached hydrogens (tertiary/aromatic N) is 2. The van der Waals surface area contributed by atoms with Gasteiger partial charge in [0.15, 0.2) is 0 Å². The zero-order chi connectivity index (χ0) is 15.2. The van der Waals surface area contributed by atoms with Gasteiger partial charge in [-0.3, -0.25) is 9.59 Å². The van der Waals surface area contributed by atoms with E-state index in [4.69, 9.17) is 5.11 Å². The van der Waals surface area contributed by atoms with Crippen LogP contribution in [-0.4, -0.2) is 39.4 Å². The number of hydrogen-bond donors (Lipinski definition) is 3. The number of hydrogen-bond acceptors (Lipinski definition) is 4. The summed E-state index contributed by atoms with van der Waals surface area (Å²) >= 11 is 0. The minimum absolute atomic E-state index is 0.235. The smallest absolute Gasteiger partial charge is 0.314 e. The summed E-state index contributed by atoms with van der Waals surface area (Å²) in [5, 5.41) is 17.8. The lowest BCUT2D eigenvalue weighted by Crippen LogP contribution is -2.42. The quantitative estimate of drug-likeness (QED) is 0.705. The second kappa shape index (κ2) is 6.67. The van der Waals surface area contributed by atoms with E-state index in [9.17, 15) is 9.59 Å². The largest absolute Gasteiger partial charge is 0.394 e. The Hall–Kier alpha value is -2.67. The second-order valence-corrected chi connectivity index (χ2v) is 4.48. The van der Waals surface area contributed by atoms with E-state index < -0.39 is 17.9 Å². The van der Waals surface area contributed by atoms with Crippen molar-refractivity contribution in [2.45, 2.75) is 13.0 Å². The number of aliphatic hydroxyl groups is 1. The number of carbonyl (C=O) groups is 2. The molecule has 7 nitrogen and oxygen atoms in total. The van der Waals surface area contributed by atoms with Crippen LogP contribution in [0.3, 0.4) is 0 Å². The van der Waals surface area contributed by atoms with Crippen molar-refractivity contribution in [3.8, 4) is 5.69 Å². The molecule has 0 saturated carbocycles. The van der Waals surface area contributed by atoms with Crippen LogP contribution in [0.25, 0.3) is 5.69 Å². The fourth-order valence-electron chi connectivity index (χ4n) is 1.68. The Kier molecular flexibility index (Phi) is 4.68. The van der Waals surface area contributed by atoms with Crippen molar-refractivity contribution in [1.29, 1.82) is 0 Å². The lowest BCUT2D eigenvalue weighted by Gasteiger charge is -2.11. The molecule has 0 spiro atoms. The number of carbonyl (C=O) groups excluding carboxylic acids is 2. The molecule has 1 heterocycles. The topological polar surface area (TPSA) is 96.2 Å². The Labute approximate surface area is 121 Å². The Morgan fingerprint density at radius 1 is 1.24 bits per heavy atom. The number of anilines is 1. The van der Waals surface area contributed by atoms with Crippen LogP contribution in [0.15, 0.2) is 42.6 Å². The average Bonchev–Trinajstić information content (AvgIpc) is 2.96. The number of benzene rings is 1. The molecule has 1 aromatic carbocycles. The molecule has 21 heavy (non-hydrogen) atoms. The molecule has 0 fully saturated rings. The van der Waals surface area contributed by atoms with Crippen LogP contribution in [0, 0.1) is 0 Å². The molecule has 0 aliphatic heterocycles. The highest BCUT2D eigenvalue weighted by molar-refractivity contribution is 6.39. The Bertz CT molecular complexity index is 624. The molecule has 0 aliphatic rings. The summed E-state index contributed by atoms with van der Waals surface area (Å²) in [6.07, 6.45) is 1.52. The Morgan fingerprint density at radius 2 is 1.95 bits per heavy atom. The van der Waals surface area contributed by atoms with Crippen LogP contribution in [0.2, 0.25) is 0 Å². The Balaban J connectivity index is 2.09. The SMILES string of the molecule is CC(CO)NC(=O)C(=O)Nc1ccnn1-c1ccccc1. The van der Waals surface area contributed by atoms with Gasteiger partial charge in [0.2, 0.25) is 0 Å². The monoisotopic (exact) mass is 288 g/mol. The van der Waals surface area contributed by atoms with Crippen molar-refractivity contribution in [2.75, 3.05) is 11.9 Å². The first-order valence-corrected chi connectivity index (χ1v) is 6.44. The number of nitrogens with one attached hydrogen (secondary N) is 2. The zero-order valence-corrected chi connectivity index (χ0v) is 11.5. The van der Waals surface area contributed by atoms with E-state index in [1.165, 1.54) is 10.9 Å². The molecule has 0 saturated heterocycles. The van der Waals surface area contributed by atoms with Gasteiger partial charge in [0, 0.05) is 12.1 Å². The lowest BCUT2D eigenvalue weighted by molar-refractivity contribution is -0.136. The predicted octanol–water partition coefficient (Wildman–Crippen LogP) is 0.308. The highest BCUT2D eigenvalue weighted by Gasteiger charge is 2.17. The van der Waals surface area contributed by atoms with E-state index in [1.54, 1.807) is 13.0 Å². The molecule has 110 valence electrons.